The second-order valence-corrected chi connectivity index (χ2v) is 14.9. The summed E-state index contributed by atoms with van der Waals surface area (Å²) >= 11 is 0. The summed E-state index contributed by atoms with van der Waals surface area (Å²) in [6.45, 7) is 0. The molecule has 0 aliphatic carbocycles. The lowest BCUT2D eigenvalue weighted by molar-refractivity contribution is 1.12. The van der Waals surface area contributed by atoms with Crippen LogP contribution in [0, 0.1) is 68.0 Å². The van der Waals surface area contributed by atoms with Gasteiger partial charge in [-0.25, -0.2) is 0 Å². The van der Waals surface area contributed by atoms with Gasteiger partial charge in [0.15, 0.2) is 0 Å². The molecule has 0 amide bonds. The highest BCUT2D eigenvalue weighted by Gasteiger charge is 2.24. The lowest BCUT2D eigenvalue weighted by atomic mass is 9.96. The van der Waals surface area contributed by atoms with Crippen LogP contribution in [0.5, 0.6) is 0 Å². The summed E-state index contributed by atoms with van der Waals surface area (Å²) < 4.78 is 4.17. The Kier molecular flexibility index (Phi) is 8.62. The van der Waals surface area contributed by atoms with E-state index in [1.54, 1.807) is 42.5 Å². The Bertz CT molecular complexity index is 3560. The van der Waals surface area contributed by atoms with E-state index in [2.05, 4.69) is 45.5 Å². The smallest absolute Gasteiger partial charge is 0.104 e. The molecule has 0 radical (unpaired) electrons. The molecule has 8 aromatic carbocycles. The normalized spacial score (nSPS) is 10.8. The fraction of sp³-hybridized carbons (Fsp3) is 0. The predicted octanol–water partition coefficient (Wildman–Crippen LogP) is 12.1. The first-order chi connectivity index (χ1) is 30.4. The van der Waals surface area contributed by atoms with Gasteiger partial charge in [-0.3, -0.25) is 0 Å². The Balaban J connectivity index is 1.34. The van der Waals surface area contributed by atoms with Crippen LogP contribution in [-0.2, 0) is 0 Å². The van der Waals surface area contributed by atoms with Crippen LogP contribution in [0.25, 0.3) is 88.4 Å². The van der Waals surface area contributed by atoms with Crippen molar-refractivity contribution >= 4 is 43.6 Å². The predicted molar refractivity (Wildman–Crippen MR) is 240 cm³/mol. The molecular formula is C54H26N8. The zero-order valence-corrected chi connectivity index (χ0v) is 32.6. The zero-order valence-electron chi connectivity index (χ0n) is 32.6. The molecule has 0 N–H and O–H groups in total. The summed E-state index contributed by atoms with van der Waals surface area (Å²) in [5.41, 5.74) is 11.2. The van der Waals surface area contributed by atoms with E-state index in [1.807, 2.05) is 115 Å². The highest BCUT2D eigenvalue weighted by molar-refractivity contribution is 6.12. The summed E-state index contributed by atoms with van der Waals surface area (Å²) in [5.74, 6) is 0. The molecule has 0 aliphatic rings. The van der Waals surface area contributed by atoms with Crippen molar-refractivity contribution in [2.24, 2.45) is 0 Å². The van der Waals surface area contributed by atoms with Crippen LogP contribution in [-0.4, -0.2) is 9.13 Å². The molecule has 0 spiro atoms. The first-order valence-corrected chi connectivity index (χ1v) is 19.5. The van der Waals surface area contributed by atoms with Crippen LogP contribution in [0.2, 0.25) is 0 Å². The Morgan fingerprint density at radius 1 is 0.306 bits per heavy atom. The fourth-order valence-corrected chi connectivity index (χ4v) is 8.73. The molecule has 2 heterocycles. The number of hydrogen-bond donors (Lipinski definition) is 0. The summed E-state index contributed by atoms with van der Waals surface area (Å²) in [4.78, 5) is 0. The molecule has 62 heavy (non-hydrogen) atoms. The summed E-state index contributed by atoms with van der Waals surface area (Å²) in [6, 6.07) is 63.3. The molecule has 0 aliphatic heterocycles. The van der Waals surface area contributed by atoms with Crippen molar-refractivity contribution in [2.45, 2.75) is 0 Å². The van der Waals surface area contributed by atoms with E-state index in [4.69, 9.17) is 0 Å². The van der Waals surface area contributed by atoms with Crippen LogP contribution in [0.4, 0.5) is 0 Å². The molecule has 0 bridgehead atoms. The van der Waals surface area contributed by atoms with Crippen LogP contribution in [0.1, 0.15) is 33.4 Å². The second kappa shape index (κ2) is 14.6. The minimum Gasteiger partial charge on any atom is -0.308 e. The second-order valence-electron chi connectivity index (χ2n) is 14.9. The molecule has 0 fully saturated rings. The topological polar surface area (TPSA) is 153 Å². The largest absolute Gasteiger partial charge is 0.308 e. The number of benzene rings is 8. The molecule has 8 heteroatoms. The van der Waals surface area contributed by atoms with Crippen LogP contribution < -0.4 is 0 Å². The minimum atomic E-state index is 0.373. The van der Waals surface area contributed by atoms with Gasteiger partial charge in [0.1, 0.15) is 11.6 Å². The molecule has 282 valence electrons. The summed E-state index contributed by atoms with van der Waals surface area (Å²) in [5, 5.41) is 64.9. The Hall–Kier alpha value is -9.70. The third kappa shape index (κ3) is 5.79. The van der Waals surface area contributed by atoms with Gasteiger partial charge < -0.3 is 9.13 Å². The first kappa shape index (κ1) is 36.6. The molecule has 0 unspecified atom stereocenters. The van der Waals surface area contributed by atoms with Gasteiger partial charge in [0.25, 0.3) is 0 Å². The standard InChI is InChI=1S/C54H26N8/c55-27-33-17-34(28-56)20-40(19-33)37-13-15-46-44-9-3-5-11-49(44)61(51(46)23-37)53-25-42(43-8-2-1-7-39(43)31-59)26-54(48(53)32-60)62-50-12-6-4-10-45(50)47-16-14-38(24-52(47)62)41-21-35(29-57)18-36(22-41)30-58/h1-26H. The van der Waals surface area contributed by atoms with Crippen molar-refractivity contribution in [2.75, 3.05) is 0 Å². The van der Waals surface area contributed by atoms with Gasteiger partial charge >= 0.3 is 0 Å². The van der Waals surface area contributed by atoms with Crippen molar-refractivity contribution in [1.82, 2.24) is 9.13 Å². The zero-order chi connectivity index (χ0) is 42.5. The van der Waals surface area contributed by atoms with Gasteiger partial charge in [0, 0.05) is 21.5 Å². The Morgan fingerprint density at radius 3 is 1.16 bits per heavy atom. The third-order valence-corrected chi connectivity index (χ3v) is 11.4. The molecule has 10 rings (SSSR count). The monoisotopic (exact) mass is 786 g/mol. The average Bonchev–Trinajstić information content (AvgIpc) is 3.85. The Labute approximate surface area is 355 Å². The van der Waals surface area contributed by atoms with E-state index < -0.39 is 0 Å². The van der Waals surface area contributed by atoms with Crippen LogP contribution in [0.15, 0.2) is 158 Å². The summed E-state index contributed by atoms with van der Waals surface area (Å²) in [7, 11) is 0. The number of aromatic nitrogens is 2. The molecule has 10 aromatic rings. The van der Waals surface area contributed by atoms with E-state index in [1.165, 1.54) is 0 Å². The number of nitriles is 6. The fourth-order valence-electron chi connectivity index (χ4n) is 8.73. The Morgan fingerprint density at radius 2 is 0.726 bits per heavy atom. The highest BCUT2D eigenvalue weighted by atomic mass is 15.0. The molecule has 0 atom stereocenters. The lowest BCUT2D eigenvalue weighted by Crippen LogP contribution is -2.05. The third-order valence-electron chi connectivity index (χ3n) is 11.4. The lowest BCUT2D eigenvalue weighted by Gasteiger charge is -2.19. The van der Waals surface area contributed by atoms with Gasteiger partial charge in [-0.05, 0) is 112 Å². The number of hydrogen-bond acceptors (Lipinski definition) is 6. The first-order valence-electron chi connectivity index (χ1n) is 19.5. The van der Waals surface area contributed by atoms with E-state index in [0.29, 0.717) is 61.4 Å². The van der Waals surface area contributed by atoms with Gasteiger partial charge in [-0.1, -0.05) is 78.9 Å². The van der Waals surface area contributed by atoms with E-state index in [-0.39, 0.29) is 0 Å². The van der Waals surface area contributed by atoms with E-state index in [0.717, 1.165) is 60.3 Å². The number of para-hydroxylation sites is 2. The quantitative estimate of drug-likeness (QED) is 0.169. The maximum Gasteiger partial charge on any atom is 0.104 e. The van der Waals surface area contributed by atoms with Crippen molar-refractivity contribution in [3.63, 3.8) is 0 Å². The average molecular weight is 787 g/mol. The molecule has 8 nitrogen and oxygen atoms in total. The van der Waals surface area contributed by atoms with Crippen molar-refractivity contribution in [3.8, 4) is 81.2 Å². The van der Waals surface area contributed by atoms with Gasteiger partial charge in [0.2, 0.25) is 0 Å². The highest BCUT2D eigenvalue weighted by Crippen LogP contribution is 2.42. The van der Waals surface area contributed by atoms with Gasteiger partial charge in [-0.2, -0.15) is 31.6 Å². The maximum absolute atomic E-state index is 11.5. The summed E-state index contributed by atoms with van der Waals surface area (Å²) in [6.07, 6.45) is 0. The van der Waals surface area contributed by atoms with Crippen molar-refractivity contribution in [3.05, 3.63) is 191 Å². The molecular weight excluding hydrogens is 761 g/mol. The SMILES string of the molecule is N#Cc1cc(C#N)cc(-c2ccc3c4ccccc4n(-c4cc(-c5ccccc5C#N)cc(-n5c6ccccc6c6ccc(-c7cc(C#N)cc(C#N)c7)cc65)c4C#N)c3c2)c1. The molecule has 0 saturated carbocycles. The molecule has 0 saturated heterocycles. The number of fused-ring (bicyclic) bond motifs is 6. The minimum absolute atomic E-state index is 0.373. The van der Waals surface area contributed by atoms with E-state index >= 15 is 0 Å². The van der Waals surface area contributed by atoms with Crippen molar-refractivity contribution in [1.29, 1.82) is 31.6 Å². The van der Waals surface area contributed by atoms with Crippen LogP contribution >= 0.6 is 0 Å². The van der Waals surface area contributed by atoms with E-state index in [9.17, 15) is 31.6 Å². The number of nitrogens with zero attached hydrogens (tertiary/aromatic N) is 8. The van der Waals surface area contributed by atoms with Crippen molar-refractivity contribution < 1.29 is 0 Å². The number of rotatable bonds is 5. The van der Waals surface area contributed by atoms with Gasteiger partial charge in [0.05, 0.1) is 91.6 Å². The molecule has 2 aromatic heterocycles. The maximum atomic E-state index is 11.5. The van der Waals surface area contributed by atoms with Gasteiger partial charge in [-0.15, -0.1) is 0 Å². The van der Waals surface area contributed by atoms with Crippen LogP contribution in [0.3, 0.4) is 0 Å².